The van der Waals surface area contributed by atoms with Crippen molar-refractivity contribution in [1.29, 1.82) is 0 Å². The third kappa shape index (κ3) is 4.37. The van der Waals surface area contributed by atoms with E-state index in [0.717, 1.165) is 38.3 Å². The number of carbonyl (C=O) groups is 1. The fourth-order valence-electron chi connectivity index (χ4n) is 4.23. The number of pyridine rings is 1. The smallest absolute Gasteiger partial charge is 0.308 e. The number of piperazine rings is 1. The van der Waals surface area contributed by atoms with Crippen LogP contribution >= 0.6 is 0 Å². The number of hydrogen-bond acceptors (Lipinski definition) is 6. The Bertz CT molecular complexity index is 1080. The summed E-state index contributed by atoms with van der Waals surface area (Å²) in [6.07, 6.45) is -2.31. The largest absolute Gasteiger partial charge is 0.416 e. The molecule has 3 heterocycles. The molecule has 2 aliphatic rings. The summed E-state index contributed by atoms with van der Waals surface area (Å²) in [5, 5.41) is 3.40. The molecule has 1 saturated heterocycles. The molecule has 1 aromatic heterocycles. The molecule has 32 heavy (non-hydrogen) atoms. The number of aromatic nitrogens is 1. The summed E-state index contributed by atoms with van der Waals surface area (Å²) in [5.41, 5.74) is -0.568. The van der Waals surface area contributed by atoms with Gasteiger partial charge in [0.05, 0.1) is 11.6 Å². The first-order valence-electron chi connectivity index (χ1n) is 10.5. The van der Waals surface area contributed by atoms with Gasteiger partial charge >= 0.3 is 6.18 Å². The highest BCUT2D eigenvalue weighted by Crippen LogP contribution is 2.30. The van der Waals surface area contributed by atoms with Gasteiger partial charge in [-0.1, -0.05) is 13.0 Å². The second-order valence-corrected chi connectivity index (χ2v) is 8.09. The van der Waals surface area contributed by atoms with Crippen LogP contribution in [-0.2, 0) is 6.18 Å². The number of nitrogens with zero attached hydrogens (tertiary/aromatic N) is 5. The van der Waals surface area contributed by atoms with Crippen molar-refractivity contribution in [3.8, 4) is 0 Å². The van der Waals surface area contributed by atoms with E-state index in [2.05, 4.69) is 20.1 Å². The van der Waals surface area contributed by atoms with E-state index < -0.39 is 23.4 Å². The molecule has 2 unspecified atom stereocenters. The second-order valence-electron chi connectivity index (χ2n) is 8.09. The van der Waals surface area contributed by atoms with Crippen molar-refractivity contribution in [2.45, 2.75) is 31.3 Å². The molecule has 7 nitrogen and oxygen atoms in total. The topological polar surface area (TPSA) is 73.2 Å². The maximum Gasteiger partial charge on any atom is 0.416 e. The average molecular weight is 446 g/mol. The molecule has 0 spiro atoms. The van der Waals surface area contributed by atoms with Gasteiger partial charge in [0.25, 0.3) is 5.91 Å². The van der Waals surface area contributed by atoms with E-state index in [9.17, 15) is 18.0 Å². The summed E-state index contributed by atoms with van der Waals surface area (Å²) in [7, 11) is 2.05. The van der Waals surface area contributed by atoms with Crippen LogP contribution in [0.1, 0.15) is 29.3 Å². The second kappa shape index (κ2) is 8.59. The van der Waals surface area contributed by atoms with Gasteiger partial charge in [-0.05, 0) is 43.8 Å². The number of likely N-dealkylation sites (N-methyl/N-ethyl adjacent to an activating group) is 1. The zero-order valence-electron chi connectivity index (χ0n) is 17.9. The molecule has 1 N–H and O–H groups in total. The molecule has 2 aromatic rings. The van der Waals surface area contributed by atoms with E-state index >= 15 is 0 Å². The van der Waals surface area contributed by atoms with Crippen LogP contribution < -0.4 is 16.2 Å². The van der Waals surface area contributed by atoms with E-state index in [1.165, 1.54) is 12.1 Å². The number of benzene rings is 1. The SMILES string of the molecule is CCC(N1CCN(C)CC1)C1(NC(=O)c2cccc(C(F)(F)F)c2)N=c2cccnc2=N1. The van der Waals surface area contributed by atoms with Gasteiger partial charge in [0.2, 0.25) is 5.79 Å². The Kier molecular flexibility index (Phi) is 6.00. The number of fused-ring (bicyclic) bond motifs is 1. The van der Waals surface area contributed by atoms with Crippen molar-refractivity contribution in [1.82, 2.24) is 20.1 Å². The number of alkyl halides is 3. The monoisotopic (exact) mass is 446 g/mol. The molecule has 0 saturated carbocycles. The summed E-state index contributed by atoms with van der Waals surface area (Å²) in [6, 6.07) is 7.59. The molecular weight excluding hydrogens is 421 g/mol. The van der Waals surface area contributed by atoms with Crippen molar-refractivity contribution >= 4 is 5.91 Å². The lowest BCUT2D eigenvalue weighted by Crippen LogP contribution is -2.62. The lowest BCUT2D eigenvalue weighted by Gasteiger charge is -2.43. The zero-order valence-corrected chi connectivity index (χ0v) is 17.9. The van der Waals surface area contributed by atoms with E-state index in [1.807, 2.05) is 14.0 Å². The Morgan fingerprint density at radius 3 is 2.56 bits per heavy atom. The minimum Gasteiger partial charge on any atom is -0.308 e. The maximum absolute atomic E-state index is 13.2. The fraction of sp³-hybridized carbons (Fsp3) is 0.455. The summed E-state index contributed by atoms with van der Waals surface area (Å²) < 4.78 is 39.5. The summed E-state index contributed by atoms with van der Waals surface area (Å²) in [5.74, 6) is -2.03. The number of carbonyl (C=O) groups excluding carboxylic acids is 1. The van der Waals surface area contributed by atoms with Crippen LogP contribution in [0.3, 0.4) is 0 Å². The molecular formula is C22H25F3N6O. The number of hydrogen-bond donors (Lipinski definition) is 1. The third-order valence-corrected chi connectivity index (χ3v) is 5.91. The number of amides is 1. The molecule has 1 amide bonds. The van der Waals surface area contributed by atoms with Gasteiger partial charge in [-0.15, -0.1) is 0 Å². The van der Waals surface area contributed by atoms with Crippen LogP contribution in [0.2, 0.25) is 0 Å². The van der Waals surface area contributed by atoms with E-state index in [1.54, 1.807) is 18.3 Å². The molecule has 10 heteroatoms. The zero-order chi connectivity index (χ0) is 22.9. The highest BCUT2D eigenvalue weighted by atomic mass is 19.4. The predicted molar refractivity (Wildman–Crippen MR) is 111 cm³/mol. The van der Waals surface area contributed by atoms with Crippen LogP contribution in [0, 0.1) is 0 Å². The van der Waals surface area contributed by atoms with Gasteiger partial charge in [0.1, 0.15) is 5.36 Å². The van der Waals surface area contributed by atoms with Crippen molar-refractivity contribution < 1.29 is 18.0 Å². The molecule has 0 aliphatic carbocycles. The molecule has 170 valence electrons. The Balaban J connectivity index is 1.71. The van der Waals surface area contributed by atoms with Gasteiger partial charge in [-0.3, -0.25) is 9.69 Å². The quantitative estimate of drug-likeness (QED) is 0.755. The molecule has 0 bridgehead atoms. The van der Waals surface area contributed by atoms with Crippen LogP contribution in [0.5, 0.6) is 0 Å². The highest BCUT2D eigenvalue weighted by molar-refractivity contribution is 5.95. The van der Waals surface area contributed by atoms with Gasteiger partial charge in [-0.2, -0.15) is 13.2 Å². The van der Waals surface area contributed by atoms with E-state index in [0.29, 0.717) is 17.3 Å². The first kappa shape index (κ1) is 22.3. The van der Waals surface area contributed by atoms with Crippen LogP contribution in [0.25, 0.3) is 0 Å². The van der Waals surface area contributed by atoms with Crippen molar-refractivity contribution in [2.75, 3.05) is 33.2 Å². The van der Waals surface area contributed by atoms with Gasteiger partial charge in [0, 0.05) is 37.9 Å². The van der Waals surface area contributed by atoms with Crippen molar-refractivity contribution in [3.05, 3.63) is 64.6 Å². The number of halogens is 3. The summed E-state index contributed by atoms with van der Waals surface area (Å²) in [4.78, 5) is 31.3. The van der Waals surface area contributed by atoms with E-state index in [-0.39, 0.29) is 11.6 Å². The molecule has 0 radical (unpaired) electrons. The lowest BCUT2D eigenvalue weighted by atomic mass is 10.0. The Labute approximate surface area is 183 Å². The Morgan fingerprint density at radius 2 is 1.91 bits per heavy atom. The van der Waals surface area contributed by atoms with Crippen molar-refractivity contribution in [2.24, 2.45) is 9.98 Å². The lowest BCUT2D eigenvalue weighted by molar-refractivity contribution is -0.137. The van der Waals surface area contributed by atoms with Gasteiger partial charge in [0.15, 0.2) is 5.49 Å². The standard InChI is InChI=1S/C22H25F3N6O/c1-3-18(31-12-10-30(2)11-13-31)22(27-17-8-5-9-26-19(17)28-22)29-20(32)15-6-4-7-16(14-15)21(23,24)25/h4-9,14,18H,3,10-13H2,1-2H3,(H,29,32). The first-order valence-corrected chi connectivity index (χ1v) is 10.5. The summed E-state index contributed by atoms with van der Waals surface area (Å²) in [6.45, 7) is 5.25. The number of rotatable bonds is 5. The number of nitrogens with one attached hydrogen (secondary N) is 1. The molecule has 1 fully saturated rings. The summed E-state index contributed by atoms with van der Waals surface area (Å²) >= 11 is 0. The minimum atomic E-state index is -4.54. The van der Waals surface area contributed by atoms with Gasteiger partial charge < -0.3 is 10.2 Å². The maximum atomic E-state index is 13.2. The van der Waals surface area contributed by atoms with Crippen LogP contribution in [0.15, 0.2) is 52.6 Å². The molecule has 1 aromatic carbocycles. The molecule has 2 aliphatic heterocycles. The molecule has 4 rings (SSSR count). The highest BCUT2D eigenvalue weighted by Gasteiger charge is 2.45. The van der Waals surface area contributed by atoms with Crippen molar-refractivity contribution in [3.63, 3.8) is 0 Å². The Morgan fingerprint density at radius 1 is 1.16 bits per heavy atom. The predicted octanol–water partition coefficient (Wildman–Crippen LogP) is 1.46. The third-order valence-electron chi connectivity index (χ3n) is 5.91. The average Bonchev–Trinajstić information content (AvgIpc) is 3.13. The van der Waals surface area contributed by atoms with Gasteiger partial charge in [-0.25, -0.2) is 15.0 Å². The minimum absolute atomic E-state index is 0.0956. The van der Waals surface area contributed by atoms with Crippen LogP contribution in [-0.4, -0.2) is 65.7 Å². The Hall–Kier alpha value is -2.85. The van der Waals surface area contributed by atoms with Crippen LogP contribution in [0.4, 0.5) is 13.2 Å². The van der Waals surface area contributed by atoms with E-state index in [4.69, 9.17) is 9.98 Å². The normalized spacial score (nSPS) is 22.5. The first-order chi connectivity index (χ1) is 15.2. The fourth-order valence-corrected chi connectivity index (χ4v) is 4.23. The molecule has 2 atom stereocenters.